The Morgan fingerprint density at radius 3 is 2.59 bits per heavy atom. The Hall–Kier alpha value is -1.86. The van der Waals surface area contributed by atoms with E-state index in [1.807, 2.05) is 13.8 Å². The van der Waals surface area contributed by atoms with E-state index in [2.05, 4.69) is 0 Å². The molecule has 0 saturated heterocycles. The lowest BCUT2D eigenvalue weighted by Crippen LogP contribution is -2.69. The van der Waals surface area contributed by atoms with Gasteiger partial charge in [-0.15, -0.1) is 0 Å². The van der Waals surface area contributed by atoms with Gasteiger partial charge in [0.15, 0.2) is 18.1 Å². The fraction of sp³-hybridized carbons (Fsp3) is 0.741. The molecule has 3 saturated carbocycles. The molecule has 4 rings (SSSR count). The normalized spacial score (nSPS) is 45.3. The summed E-state index contributed by atoms with van der Waals surface area (Å²) in [5.41, 5.74) is -5.36. The maximum Gasteiger partial charge on any atom is 0.306 e. The van der Waals surface area contributed by atoms with Crippen molar-refractivity contribution in [2.45, 2.75) is 84.1 Å². The van der Waals surface area contributed by atoms with Crippen molar-refractivity contribution in [2.75, 3.05) is 6.61 Å². The van der Waals surface area contributed by atoms with Crippen LogP contribution in [-0.4, -0.2) is 51.7 Å². The van der Waals surface area contributed by atoms with E-state index in [0.717, 1.165) is 0 Å². The van der Waals surface area contributed by atoms with Gasteiger partial charge in [0.05, 0.1) is 6.10 Å². The van der Waals surface area contributed by atoms with Crippen molar-refractivity contribution in [3.63, 3.8) is 0 Å². The molecule has 34 heavy (non-hydrogen) atoms. The van der Waals surface area contributed by atoms with Gasteiger partial charge in [-0.2, -0.15) is 0 Å². The number of allylic oxidation sites excluding steroid dienone is 4. The molecular weight excluding hydrogens is 439 g/mol. The first-order valence-corrected chi connectivity index (χ1v) is 12.4. The number of aliphatic hydroxyl groups excluding tert-OH is 1. The van der Waals surface area contributed by atoms with Crippen molar-refractivity contribution in [1.29, 1.82) is 0 Å². The zero-order valence-electron chi connectivity index (χ0n) is 20.8. The van der Waals surface area contributed by atoms with Gasteiger partial charge in [0.25, 0.3) is 0 Å². The molecular formula is C27H37FO6. The second-order valence-electron chi connectivity index (χ2n) is 11.8. The van der Waals surface area contributed by atoms with Crippen LogP contribution in [0.5, 0.6) is 0 Å². The first-order valence-electron chi connectivity index (χ1n) is 12.4. The minimum atomic E-state index is -2.02. The van der Waals surface area contributed by atoms with Gasteiger partial charge in [0.1, 0.15) is 5.60 Å². The predicted molar refractivity (Wildman–Crippen MR) is 123 cm³/mol. The van der Waals surface area contributed by atoms with E-state index in [9.17, 15) is 24.6 Å². The molecule has 0 bridgehead atoms. The Balaban J connectivity index is 1.66. The Labute approximate surface area is 200 Å². The fourth-order valence-corrected chi connectivity index (χ4v) is 7.79. The second kappa shape index (κ2) is 8.09. The number of carbonyl (C=O) groups is 3. The van der Waals surface area contributed by atoms with Crippen LogP contribution >= 0.6 is 0 Å². The number of alkyl halides is 1. The smallest absolute Gasteiger partial charge is 0.306 e. The van der Waals surface area contributed by atoms with Gasteiger partial charge >= 0.3 is 5.97 Å². The topological polar surface area (TPSA) is 101 Å². The maximum atomic E-state index is 17.1. The number of carbonyl (C=O) groups excluding carboxylic acids is 3. The van der Waals surface area contributed by atoms with Crippen LogP contribution in [-0.2, 0) is 19.1 Å². The number of ether oxygens (including phenoxy) is 1. The summed E-state index contributed by atoms with van der Waals surface area (Å²) in [7, 11) is 0. The quantitative estimate of drug-likeness (QED) is 0.589. The summed E-state index contributed by atoms with van der Waals surface area (Å²) < 4.78 is 22.3. The van der Waals surface area contributed by atoms with Gasteiger partial charge in [0, 0.05) is 23.2 Å². The molecule has 0 aromatic heterocycles. The van der Waals surface area contributed by atoms with Gasteiger partial charge < -0.3 is 14.9 Å². The molecule has 0 amide bonds. The third kappa shape index (κ3) is 3.22. The number of hydrogen-bond donors (Lipinski definition) is 2. The lowest BCUT2D eigenvalue weighted by molar-refractivity contribution is -0.220. The standard InChI is InChI=1S/C27H37FO6/c1-15(2)10-23(32)34-14-22(31)27(33)16(3)11-20-19-7-6-17-12-18(29)8-9-24(17,4)26(19,28)21(30)13-25(20,27)5/h8-9,12,15-16,19-21,30,33H,6-7,10-11,13-14H2,1-5H3/t16-,19+,20+,21+,24+,25+,26+,27+/m1/s1. The van der Waals surface area contributed by atoms with E-state index in [1.165, 1.54) is 12.2 Å². The van der Waals surface area contributed by atoms with Gasteiger partial charge in [-0.1, -0.05) is 39.3 Å². The molecule has 8 atom stereocenters. The Bertz CT molecular complexity index is 970. The summed E-state index contributed by atoms with van der Waals surface area (Å²) in [6, 6.07) is 0. The average Bonchev–Trinajstić information content (AvgIpc) is 2.94. The molecule has 4 aliphatic carbocycles. The minimum Gasteiger partial charge on any atom is -0.458 e. The summed E-state index contributed by atoms with van der Waals surface area (Å²) in [4.78, 5) is 37.3. The Kier molecular flexibility index (Phi) is 6.00. The van der Waals surface area contributed by atoms with Gasteiger partial charge in [-0.25, -0.2) is 4.39 Å². The molecule has 188 valence electrons. The first-order chi connectivity index (χ1) is 15.7. The Morgan fingerprint density at radius 2 is 1.94 bits per heavy atom. The van der Waals surface area contributed by atoms with Crippen molar-refractivity contribution in [1.82, 2.24) is 0 Å². The highest BCUT2D eigenvalue weighted by atomic mass is 19.1. The number of halogens is 1. The molecule has 0 aromatic rings. The highest BCUT2D eigenvalue weighted by molar-refractivity contribution is 6.01. The predicted octanol–water partition coefficient (Wildman–Crippen LogP) is 3.49. The van der Waals surface area contributed by atoms with E-state index in [-0.39, 0.29) is 30.5 Å². The molecule has 0 aromatic carbocycles. The summed E-state index contributed by atoms with van der Waals surface area (Å²) >= 11 is 0. The van der Waals surface area contributed by atoms with E-state index in [4.69, 9.17) is 4.74 Å². The van der Waals surface area contributed by atoms with Gasteiger partial charge in [0.2, 0.25) is 5.78 Å². The molecule has 0 heterocycles. The van der Waals surface area contributed by atoms with Crippen molar-refractivity contribution in [3.8, 4) is 0 Å². The lowest BCUT2D eigenvalue weighted by atomic mass is 9.44. The van der Waals surface area contributed by atoms with Crippen LogP contribution in [0.4, 0.5) is 4.39 Å². The van der Waals surface area contributed by atoms with Crippen LogP contribution < -0.4 is 0 Å². The van der Waals surface area contributed by atoms with Crippen molar-refractivity contribution in [3.05, 3.63) is 23.8 Å². The maximum absolute atomic E-state index is 17.1. The first kappa shape index (κ1) is 25.2. The fourth-order valence-electron chi connectivity index (χ4n) is 7.79. The minimum absolute atomic E-state index is 0.0832. The molecule has 3 fully saturated rings. The van der Waals surface area contributed by atoms with Gasteiger partial charge in [-0.3, -0.25) is 14.4 Å². The third-order valence-corrected chi connectivity index (χ3v) is 9.59. The van der Waals surface area contributed by atoms with E-state index in [0.29, 0.717) is 24.8 Å². The molecule has 6 nitrogen and oxygen atoms in total. The molecule has 7 heteroatoms. The van der Waals surface area contributed by atoms with E-state index < -0.39 is 58.4 Å². The van der Waals surface area contributed by atoms with Crippen molar-refractivity contribution >= 4 is 17.5 Å². The number of hydrogen-bond acceptors (Lipinski definition) is 6. The van der Waals surface area contributed by atoms with E-state index >= 15 is 4.39 Å². The molecule has 0 spiro atoms. The summed E-state index contributed by atoms with van der Waals surface area (Å²) in [6.07, 6.45) is 4.48. The number of esters is 1. The largest absolute Gasteiger partial charge is 0.458 e. The SMILES string of the molecule is CC(C)CC(=O)OCC(=O)[C@@]1(O)[C@H](C)C[C@H]2[C@@H]3CCC4=CC(=O)C=C[C@]4(C)[C@@]3(F)[C@@H](O)C[C@@]21C. The zero-order chi connectivity index (χ0) is 25.3. The molecule has 2 N–H and O–H groups in total. The third-order valence-electron chi connectivity index (χ3n) is 9.59. The summed E-state index contributed by atoms with van der Waals surface area (Å²) in [6.45, 7) is 8.49. The number of aliphatic hydroxyl groups is 2. The van der Waals surface area contributed by atoms with Crippen LogP contribution in [0.2, 0.25) is 0 Å². The molecule has 0 aliphatic heterocycles. The number of Topliss-reactive ketones (excluding diaryl/α,β-unsaturated/α-hetero) is 1. The lowest BCUT2D eigenvalue weighted by Gasteiger charge is -2.62. The van der Waals surface area contributed by atoms with Crippen LogP contribution in [0, 0.1) is 34.5 Å². The van der Waals surface area contributed by atoms with Crippen LogP contribution in [0.3, 0.4) is 0 Å². The van der Waals surface area contributed by atoms with Gasteiger partial charge in [-0.05, 0) is 62.5 Å². The van der Waals surface area contributed by atoms with Crippen LogP contribution in [0.25, 0.3) is 0 Å². The van der Waals surface area contributed by atoms with Crippen molar-refractivity contribution in [2.24, 2.45) is 34.5 Å². The molecule has 0 unspecified atom stereocenters. The molecule has 4 aliphatic rings. The Morgan fingerprint density at radius 1 is 1.26 bits per heavy atom. The highest BCUT2D eigenvalue weighted by Gasteiger charge is 2.75. The molecule has 0 radical (unpaired) electrons. The number of fused-ring (bicyclic) bond motifs is 5. The summed E-state index contributed by atoms with van der Waals surface area (Å²) in [5, 5.41) is 23.2. The zero-order valence-corrected chi connectivity index (χ0v) is 20.8. The van der Waals surface area contributed by atoms with Crippen LogP contribution in [0.15, 0.2) is 23.8 Å². The monoisotopic (exact) mass is 476 g/mol. The number of rotatable bonds is 5. The summed E-state index contributed by atoms with van der Waals surface area (Å²) in [5.74, 6) is -2.60. The average molecular weight is 477 g/mol. The van der Waals surface area contributed by atoms with Crippen LogP contribution in [0.1, 0.15) is 66.7 Å². The van der Waals surface area contributed by atoms with Crippen molar-refractivity contribution < 1.29 is 33.7 Å². The number of ketones is 2. The highest BCUT2D eigenvalue weighted by Crippen LogP contribution is 2.70. The second-order valence-corrected chi connectivity index (χ2v) is 11.8. The van der Waals surface area contributed by atoms with E-state index in [1.54, 1.807) is 26.8 Å².